The molecule has 2 rings (SSSR count). The number of aromatic nitrogens is 2. The molecule has 6 nitrogen and oxygen atoms in total. The van der Waals surface area contributed by atoms with Gasteiger partial charge in [-0.2, -0.15) is 0 Å². The fraction of sp³-hybridized carbons (Fsp3) is 0.273. The van der Waals surface area contributed by atoms with Crippen LogP contribution in [0.4, 0.5) is 6.01 Å². The van der Waals surface area contributed by atoms with Crippen molar-refractivity contribution in [3.05, 3.63) is 34.7 Å². The van der Waals surface area contributed by atoms with E-state index in [1.807, 2.05) is 12.1 Å². The highest BCUT2D eigenvalue weighted by molar-refractivity contribution is 6.31. The molecule has 0 fully saturated rings. The molecule has 2 aromatic rings. The molecule has 0 amide bonds. The quantitative estimate of drug-likeness (QED) is 0.860. The Bertz CT molecular complexity index is 530. The topological polar surface area (TPSA) is 86.2 Å². The highest BCUT2D eigenvalue weighted by atomic mass is 35.5. The number of anilines is 1. The second-order valence-corrected chi connectivity index (χ2v) is 3.89. The van der Waals surface area contributed by atoms with Crippen LogP contribution in [0.25, 0.3) is 0 Å². The molecule has 0 bridgehead atoms. The average Bonchev–Trinajstić information content (AvgIpc) is 2.85. The van der Waals surface area contributed by atoms with E-state index in [0.717, 1.165) is 5.56 Å². The lowest BCUT2D eigenvalue weighted by atomic mass is 10.2. The Morgan fingerprint density at radius 1 is 1.44 bits per heavy atom. The van der Waals surface area contributed by atoms with Crippen molar-refractivity contribution >= 4 is 17.6 Å². The third kappa shape index (κ3) is 2.72. The number of benzene rings is 1. The molecule has 0 spiro atoms. The van der Waals surface area contributed by atoms with Crippen molar-refractivity contribution in [2.45, 2.75) is 13.1 Å². The molecule has 1 aromatic heterocycles. The van der Waals surface area contributed by atoms with Crippen LogP contribution in [0.3, 0.4) is 0 Å². The van der Waals surface area contributed by atoms with E-state index in [-0.39, 0.29) is 6.54 Å². The van der Waals surface area contributed by atoms with E-state index in [1.54, 1.807) is 13.2 Å². The van der Waals surface area contributed by atoms with Crippen LogP contribution >= 0.6 is 11.6 Å². The normalized spacial score (nSPS) is 10.4. The number of hydrogen-bond donors (Lipinski definition) is 2. The molecule has 3 N–H and O–H groups in total. The molecule has 0 aliphatic heterocycles. The summed E-state index contributed by atoms with van der Waals surface area (Å²) in [5.41, 5.74) is 6.20. The number of nitrogens with two attached hydrogens (primary N) is 1. The summed E-state index contributed by atoms with van der Waals surface area (Å²) < 4.78 is 10.5. The molecule has 1 heterocycles. The van der Waals surface area contributed by atoms with Gasteiger partial charge in [-0.05, 0) is 12.1 Å². The minimum absolute atomic E-state index is 0.212. The molecular weight excluding hydrogens is 256 g/mol. The average molecular weight is 269 g/mol. The minimum Gasteiger partial charge on any atom is -0.496 e. The van der Waals surface area contributed by atoms with Crippen molar-refractivity contribution in [1.82, 2.24) is 10.2 Å². The zero-order valence-corrected chi connectivity index (χ0v) is 10.6. The second-order valence-electron chi connectivity index (χ2n) is 3.48. The maximum atomic E-state index is 6.10. The van der Waals surface area contributed by atoms with E-state index in [0.29, 0.717) is 29.2 Å². The summed E-state index contributed by atoms with van der Waals surface area (Å²) in [6, 6.07) is 5.75. The number of nitrogens with one attached hydrogen (secondary N) is 1. The fourth-order valence-electron chi connectivity index (χ4n) is 1.47. The smallest absolute Gasteiger partial charge is 0.315 e. The summed E-state index contributed by atoms with van der Waals surface area (Å²) in [5.74, 6) is 1.08. The van der Waals surface area contributed by atoms with Gasteiger partial charge in [0.25, 0.3) is 0 Å². The van der Waals surface area contributed by atoms with Crippen molar-refractivity contribution < 1.29 is 9.15 Å². The van der Waals surface area contributed by atoms with Crippen molar-refractivity contribution in [2.75, 3.05) is 12.4 Å². The standard InChI is InChI=1S/C11H13ClN4O2/c1-17-9-4-2-3-8(12)7(9)6-14-11-16-15-10(5-13)18-11/h2-4H,5-6,13H2,1H3,(H,14,16). The van der Waals surface area contributed by atoms with Crippen LogP contribution in [-0.2, 0) is 13.1 Å². The minimum atomic E-state index is 0.212. The SMILES string of the molecule is COc1cccc(Cl)c1CNc1nnc(CN)o1. The van der Waals surface area contributed by atoms with Gasteiger partial charge in [-0.25, -0.2) is 0 Å². The van der Waals surface area contributed by atoms with Gasteiger partial charge in [0.2, 0.25) is 5.89 Å². The molecule has 0 radical (unpaired) electrons. The largest absolute Gasteiger partial charge is 0.496 e. The second kappa shape index (κ2) is 5.70. The Labute approximate surface area is 109 Å². The van der Waals surface area contributed by atoms with Gasteiger partial charge in [0, 0.05) is 17.1 Å². The molecule has 0 saturated heterocycles. The number of methoxy groups -OCH3 is 1. The summed E-state index contributed by atoms with van der Waals surface area (Å²) in [7, 11) is 1.59. The third-order valence-corrected chi connectivity index (χ3v) is 2.71. The zero-order valence-electron chi connectivity index (χ0n) is 9.81. The zero-order chi connectivity index (χ0) is 13.0. The maximum Gasteiger partial charge on any atom is 0.315 e. The molecule has 7 heteroatoms. The molecule has 0 unspecified atom stereocenters. The molecule has 0 saturated carbocycles. The van der Waals surface area contributed by atoms with Crippen LogP contribution in [0.15, 0.2) is 22.6 Å². The van der Waals surface area contributed by atoms with E-state index < -0.39 is 0 Å². The third-order valence-electron chi connectivity index (χ3n) is 2.35. The Morgan fingerprint density at radius 2 is 2.28 bits per heavy atom. The van der Waals surface area contributed by atoms with Gasteiger partial charge in [-0.1, -0.05) is 22.8 Å². The Morgan fingerprint density at radius 3 is 2.94 bits per heavy atom. The number of ether oxygens (including phenoxy) is 1. The van der Waals surface area contributed by atoms with E-state index in [9.17, 15) is 0 Å². The van der Waals surface area contributed by atoms with Gasteiger partial charge in [0.05, 0.1) is 13.7 Å². The lowest BCUT2D eigenvalue weighted by Crippen LogP contribution is -2.02. The summed E-state index contributed by atoms with van der Waals surface area (Å²) in [5, 5.41) is 11.1. The number of rotatable bonds is 5. The molecule has 1 aromatic carbocycles. The predicted octanol–water partition coefficient (Wildman–Crippen LogP) is 1.80. The highest BCUT2D eigenvalue weighted by Gasteiger charge is 2.09. The van der Waals surface area contributed by atoms with Crippen LogP contribution in [-0.4, -0.2) is 17.3 Å². The molecule has 0 aliphatic rings. The van der Waals surface area contributed by atoms with Crippen LogP contribution in [0.5, 0.6) is 5.75 Å². The Balaban J connectivity index is 2.10. The van der Waals surface area contributed by atoms with Gasteiger partial charge < -0.3 is 20.2 Å². The predicted molar refractivity (Wildman–Crippen MR) is 67.5 cm³/mol. The van der Waals surface area contributed by atoms with E-state index in [1.165, 1.54) is 0 Å². The van der Waals surface area contributed by atoms with E-state index >= 15 is 0 Å². The first-order valence-electron chi connectivity index (χ1n) is 5.32. The van der Waals surface area contributed by atoms with Crippen molar-refractivity contribution in [2.24, 2.45) is 5.73 Å². The van der Waals surface area contributed by atoms with E-state index in [4.69, 9.17) is 26.5 Å². The Kier molecular flexibility index (Phi) is 4.01. The number of halogens is 1. The van der Waals surface area contributed by atoms with Gasteiger partial charge in [0.15, 0.2) is 0 Å². The van der Waals surface area contributed by atoms with Gasteiger partial charge in [-0.3, -0.25) is 0 Å². The molecule has 0 aliphatic carbocycles. The van der Waals surface area contributed by atoms with Crippen LogP contribution in [0, 0.1) is 0 Å². The first-order chi connectivity index (χ1) is 8.74. The lowest BCUT2D eigenvalue weighted by Gasteiger charge is -2.09. The fourth-order valence-corrected chi connectivity index (χ4v) is 1.71. The van der Waals surface area contributed by atoms with Gasteiger partial charge >= 0.3 is 6.01 Å². The summed E-state index contributed by atoms with van der Waals surface area (Å²) in [6.45, 7) is 0.638. The van der Waals surface area contributed by atoms with Gasteiger partial charge in [0.1, 0.15) is 5.75 Å². The highest BCUT2D eigenvalue weighted by Crippen LogP contribution is 2.26. The van der Waals surface area contributed by atoms with Crippen LogP contribution < -0.4 is 15.8 Å². The monoisotopic (exact) mass is 268 g/mol. The van der Waals surface area contributed by atoms with E-state index in [2.05, 4.69) is 15.5 Å². The number of nitrogens with zero attached hydrogens (tertiary/aromatic N) is 2. The molecule has 96 valence electrons. The molecule has 0 atom stereocenters. The molecule has 18 heavy (non-hydrogen) atoms. The lowest BCUT2D eigenvalue weighted by molar-refractivity contribution is 0.410. The summed E-state index contributed by atoms with van der Waals surface area (Å²) in [6.07, 6.45) is 0. The summed E-state index contributed by atoms with van der Waals surface area (Å²) in [4.78, 5) is 0. The summed E-state index contributed by atoms with van der Waals surface area (Å²) >= 11 is 6.10. The van der Waals surface area contributed by atoms with Gasteiger partial charge in [-0.15, -0.1) is 5.10 Å². The first-order valence-corrected chi connectivity index (χ1v) is 5.70. The number of hydrogen-bond acceptors (Lipinski definition) is 6. The first kappa shape index (κ1) is 12.7. The van der Waals surface area contributed by atoms with Crippen LogP contribution in [0.1, 0.15) is 11.5 Å². The van der Waals surface area contributed by atoms with Crippen molar-refractivity contribution in [3.63, 3.8) is 0 Å². The van der Waals surface area contributed by atoms with Crippen molar-refractivity contribution in [3.8, 4) is 5.75 Å². The van der Waals surface area contributed by atoms with Crippen molar-refractivity contribution in [1.29, 1.82) is 0 Å². The molecular formula is C11H13ClN4O2. The van der Waals surface area contributed by atoms with Crippen LogP contribution in [0.2, 0.25) is 5.02 Å². The Hall–Kier alpha value is -1.79. The maximum absolute atomic E-state index is 6.10.